The average Bonchev–Trinajstić information content (AvgIpc) is 2.82. The van der Waals surface area contributed by atoms with Gasteiger partial charge in [-0.3, -0.25) is 9.69 Å². The van der Waals surface area contributed by atoms with Crippen LogP contribution < -0.4 is 4.74 Å². The molecule has 0 aliphatic carbocycles. The standard InChI is InChI=1S/C27H30F3NO2/c1-3-8-20(4-2)26(32)22-15-17-31(18-16-22)19-25(21-9-6-5-7-10-21)33-24-13-11-23(12-14-24)27(28,29)30/h3-14,22,25H,15-19H2,1-2H3. The maximum absolute atomic E-state index is 12.9. The third kappa shape index (κ3) is 6.81. The van der Waals surface area contributed by atoms with Gasteiger partial charge in [-0.15, -0.1) is 0 Å². The Hall–Kier alpha value is -2.86. The third-order valence-corrected chi connectivity index (χ3v) is 5.96. The summed E-state index contributed by atoms with van der Waals surface area (Å²) in [5, 5.41) is 0. The number of halogens is 3. The summed E-state index contributed by atoms with van der Waals surface area (Å²) in [6.07, 6.45) is 2.44. The maximum atomic E-state index is 12.9. The van der Waals surface area contributed by atoms with Crippen molar-refractivity contribution in [2.24, 2.45) is 5.92 Å². The smallest absolute Gasteiger partial charge is 0.416 e. The Morgan fingerprint density at radius 1 is 1.06 bits per heavy atom. The summed E-state index contributed by atoms with van der Waals surface area (Å²) in [6, 6.07) is 14.5. The normalized spacial score (nSPS) is 17.3. The summed E-state index contributed by atoms with van der Waals surface area (Å²) in [7, 11) is 0. The van der Waals surface area contributed by atoms with Gasteiger partial charge in [0, 0.05) is 18.0 Å². The molecule has 3 nitrogen and oxygen atoms in total. The van der Waals surface area contributed by atoms with Crippen LogP contribution in [0, 0.1) is 5.92 Å². The lowest BCUT2D eigenvalue weighted by atomic mass is 9.88. The van der Waals surface area contributed by atoms with Crippen molar-refractivity contribution in [3.05, 3.63) is 89.5 Å². The van der Waals surface area contributed by atoms with E-state index < -0.39 is 11.7 Å². The highest BCUT2D eigenvalue weighted by Gasteiger charge is 2.31. The van der Waals surface area contributed by atoms with E-state index in [-0.39, 0.29) is 17.8 Å². The molecule has 1 heterocycles. The predicted molar refractivity (Wildman–Crippen MR) is 124 cm³/mol. The number of hydrogen-bond donors (Lipinski definition) is 0. The summed E-state index contributed by atoms with van der Waals surface area (Å²) in [6.45, 7) is 5.91. The van der Waals surface area contributed by atoms with Crippen molar-refractivity contribution in [1.82, 2.24) is 4.90 Å². The number of likely N-dealkylation sites (tertiary alicyclic amines) is 1. The fraction of sp³-hybridized carbons (Fsp3) is 0.370. The zero-order valence-corrected chi connectivity index (χ0v) is 19.0. The van der Waals surface area contributed by atoms with Crippen LogP contribution in [0.4, 0.5) is 13.2 Å². The first-order valence-electron chi connectivity index (χ1n) is 11.3. The van der Waals surface area contributed by atoms with E-state index in [9.17, 15) is 18.0 Å². The van der Waals surface area contributed by atoms with Crippen molar-refractivity contribution < 1.29 is 22.7 Å². The molecule has 2 aromatic rings. The number of nitrogens with zero attached hydrogens (tertiary/aromatic N) is 1. The molecule has 2 aromatic carbocycles. The molecule has 0 spiro atoms. The fourth-order valence-corrected chi connectivity index (χ4v) is 4.11. The molecule has 1 aliphatic heterocycles. The number of rotatable bonds is 8. The summed E-state index contributed by atoms with van der Waals surface area (Å²) >= 11 is 0. The van der Waals surface area contributed by atoms with E-state index in [0.717, 1.165) is 49.2 Å². The second-order valence-corrected chi connectivity index (χ2v) is 8.22. The molecular formula is C27H30F3NO2. The molecular weight excluding hydrogens is 427 g/mol. The van der Waals surface area contributed by atoms with Gasteiger partial charge in [-0.05, 0) is 69.6 Å². The molecule has 0 saturated carbocycles. The number of Topliss-reactive ketones (excluding diaryl/α,β-unsaturated/α-hetero) is 1. The molecule has 0 aromatic heterocycles. The molecule has 1 atom stereocenters. The first kappa shape index (κ1) is 24.8. The molecule has 0 radical (unpaired) electrons. The first-order valence-corrected chi connectivity index (χ1v) is 11.3. The minimum absolute atomic E-state index is 0.00894. The van der Waals surface area contributed by atoms with Crippen LogP contribution in [0.15, 0.2) is 78.4 Å². The maximum Gasteiger partial charge on any atom is 0.416 e. The third-order valence-electron chi connectivity index (χ3n) is 5.96. The summed E-state index contributed by atoms with van der Waals surface area (Å²) < 4.78 is 44.8. The minimum Gasteiger partial charge on any atom is -0.484 e. The van der Waals surface area contributed by atoms with Gasteiger partial charge < -0.3 is 4.74 Å². The Kier molecular flexibility index (Phi) is 8.50. The number of allylic oxidation sites excluding steroid dienone is 4. The van der Waals surface area contributed by atoms with Crippen LogP contribution in [-0.4, -0.2) is 30.3 Å². The Balaban J connectivity index is 1.67. The predicted octanol–water partition coefficient (Wildman–Crippen LogP) is 6.63. The molecule has 1 saturated heterocycles. The lowest BCUT2D eigenvalue weighted by Gasteiger charge is -2.34. The first-order chi connectivity index (χ1) is 15.8. The number of alkyl halides is 3. The number of benzene rings is 2. The molecule has 0 amide bonds. The van der Waals surface area contributed by atoms with Crippen LogP contribution in [-0.2, 0) is 11.0 Å². The number of hydrogen-bond acceptors (Lipinski definition) is 3. The molecule has 1 unspecified atom stereocenters. The highest BCUT2D eigenvalue weighted by molar-refractivity contribution is 5.99. The number of ether oxygens (including phenoxy) is 1. The molecule has 0 bridgehead atoms. The van der Waals surface area contributed by atoms with Crippen LogP contribution in [0.3, 0.4) is 0 Å². The van der Waals surface area contributed by atoms with E-state index in [2.05, 4.69) is 4.90 Å². The highest BCUT2D eigenvalue weighted by Crippen LogP contribution is 2.32. The monoisotopic (exact) mass is 457 g/mol. The van der Waals surface area contributed by atoms with Crippen LogP contribution in [0.25, 0.3) is 0 Å². The van der Waals surface area contributed by atoms with Crippen molar-refractivity contribution in [1.29, 1.82) is 0 Å². The van der Waals surface area contributed by atoms with E-state index in [1.54, 1.807) is 0 Å². The second kappa shape index (κ2) is 11.3. The number of carbonyl (C=O) groups excluding carboxylic acids is 1. The van der Waals surface area contributed by atoms with Crippen LogP contribution in [0.2, 0.25) is 0 Å². The lowest BCUT2D eigenvalue weighted by molar-refractivity contribution is -0.137. The van der Waals surface area contributed by atoms with E-state index in [1.165, 1.54) is 12.1 Å². The van der Waals surface area contributed by atoms with Crippen LogP contribution in [0.1, 0.15) is 43.9 Å². The molecule has 33 heavy (non-hydrogen) atoms. The molecule has 0 N–H and O–H groups in total. The van der Waals surface area contributed by atoms with Gasteiger partial charge in [0.1, 0.15) is 11.9 Å². The van der Waals surface area contributed by atoms with Crippen molar-refractivity contribution in [2.75, 3.05) is 19.6 Å². The van der Waals surface area contributed by atoms with E-state index >= 15 is 0 Å². The second-order valence-electron chi connectivity index (χ2n) is 8.22. The van der Waals surface area contributed by atoms with Gasteiger partial charge >= 0.3 is 6.18 Å². The van der Waals surface area contributed by atoms with Gasteiger partial charge in [-0.25, -0.2) is 0 Å². The van der Waals surface area contributed by atoms with Gasteiger partial charge in [0.25, 0.3) is 0 Å². The van der Waals surface area contributed by atoms with Gasteiger partial charge in [-0.1, -0.05) is 48.6 Å². The molecule has 1 aliphatic rings. The van der Waals surface area contributed by atoms with Gasteiger partial charge in [-0.2, -0.15) is 13.2 Å². The van der Waals surface area contributed by atoms with Gasteiger partial charge in [0.2, 0.25) is 0 Å². The Morgan fingerprint density at radius 3 is 2.24 bits per heavy atom. The summed E-state index contributed by atoms with van der Waals surface area (Å²) in [5.74, 6) is 0.594. The zero-order chi connectivity index (χ0) is 23.8. The van der Waals surface area contributed by atoms with Gasteiger partial charge in [0.05, 0.1) is 5.56 Å². The number of carbonyl (C=O) groups is 1. The quantitative estimate of drug-likeness (QED) is 0.329. The Labute approximate surface area is 193 Å². The Bertz CT molecular complexity index is 957. The SMILES string of the molecule is CC=CC(=CC)C(=O)C1CCN(CC(Oc2ccc(C(F)(F)F)cc2)c2ccccc2)CC1. The van der Waals surface area contributed by atoms with Crippen LogP contribution in [0.5, 0.6) is 5.75 Å². The zero-order valence-electron chi connectivity index (χ0n) is 19.0. The Morgan fingerprint density at radius 2 is 1.70 bits per heavy atom. The van der Waals surface area contributed by atoms with E-state index in [4.69, 9.17) is 4.74 Å². The summed E-state index contributed by atoms with van der Waals surface area (Å²) in [5.41, 5.74) is 1.01. The van der Waals surface area contributed by atoms with Crippen molar-refractivity contribution in [3.8, 4) is 5.75 Å². The number of piperidine rings is 1. The van der Waals surface area contributed by atoms with Crippen LogP contribution >= 0.6 is 0 Å². The topological polar surface area (TPSA) is 29.5 Å². The van der Waals surface area contributed by atoms with E-state index in [1.807, 2.05) is 62.4 Å². The van der Waals surface area contributed by atoms with Crippen molar-refractivity contribution in [3.63, 3.8) is 0 Å². The molecule has 176 valence electrons. The summed E-state index contributed by atoms with van der Waals surface area (Å²) in [4.78, 5) is 15.0. The fourth-order valence-electron chi connectivity index (χ4n) is 4.11. The highest BCUT2D eigenvalue weighted by atomic mass is 19.4. The molecule has 1 fully saturated rings. The van der Waals surface area contributed by atoms with Gasteiger partial charge in [0.15, 0.2) is 5.78 Å². The average molecular weight is 458 g/mol. The largest absolute Gasteiger partial charge is 0.484 e. The van der Waals surface area contributed by atoms with E-state index in [0.29, 0.717) is 12.3 Å². The molecule has 6 heteroatoms. The number of ketones is 1. The van der Waals surface area contributed by atoms with Crippen molar-refractivity contribution >= 4 is 5.78 Å². The lowest BCUT2D eigenvalue weighted by Crippen LogP contribution is -2.39. The minimum atomic E-state index is -4.38. The van der Waals surface area contributed by atoms with Crippen molar-refractivity contribution in [2.45, 2.75) is 39.0 Å². The molecule has 3 rings (SSSR count).